The van der Waals surface area contributed by atoms with Gasteiger partial charge in [-0.25, -0.2) is 0 Å². The Morgan fingerprint density at radius 2 is 2.00 bits per heavy atom. The lowest BCUT2D eigenvalue weighted by atomic mass is 10.1. The summed E-state index contributed by atoms with van der Waals surface area (Å²) in [4.78, 5) is 24.1. The van der Waals surface area contributed by atoms with Crippen molar-refractivity contribution in [2.45, 2.75) is 55.7 Å². The van der Waals surface area contributed by atoms with E-state index in [0.717, 1.165) is 12.3 Å². The first-order valence-electron chi connectivity index (χ1n) is 7.76. The molecule has 0 aliphatic heterocycles. The Kier molecular flexibility index (Phi) is 5.89. The van der Waals surface area contributed by atoms with E-state index >= 15 is 0 Å². The van der Waals surface area contributed by atoms with Gasteiger partial charge < -0.3 is 10.4 Å². The fourth-order valence-corrected chi connectivity index (χ4v) is 3.19. The molecule has 2 rings (SSSR count). The molecule has 1 aromatic rings. The van der Waals surface area contributed by atoms with E-state index in [0.29, 0.717) is 10.5 Å². The third kappa shape index (κ3) is 5.05. The molecule has 0 radical (unpaired) electrons. The van der Waals surface area contributed by atoms with Crippen LogP contribution in [0.25, 0.3) is 0 Å². The lowest BCUT2D eigenvalue weighted by Gasteiger charge is -2.16. The highest BCUT2D eigenvalue weighted by molar-refractivity contribution is 8.00. The number of thioether (sulfide) groups is 1. The second kappa shape index (κ2) is 7.68. The average Bonchev–Trinajstić information content (AvgIpc) is 3.29. The second-order valence-electron chi connectivity index (χ2n) is 5.99. The van der Waals surface area contributed by atoms with Crippen LogP contribution in [-0.4, -0.2) is 28.3 Å². The van der Waals surface area contributed by atoms with Crippen molar-refractivity contribution in [3.05, 3.63) is 29.8 Å². The number of benzene rings is 1. The number of amides is 1. The van der Waals surface area contributed by atoms with Crippen molar-refractivity contribution in [3.63, 3.8) is 0 Å². The molecule has 0 aromatic heterocycles. The van der Waals surface area contributed by atoms with Crippen molar-refractivity contribution in [3.8, 4) is 0 Å². The smallest absolute Gasteiger partial charge is 0.316 e. The number of aliphatic carboxylic acids is 1. The third-order valence-corrected chi connectivity index (χ3v) is 5.03. The number of carboxylic acid groups (broad SMARTS) is 1. The SMILES string of the molecule is CC(CCC1CC1)NC(=O)c1ccccc1SC(C)C(=O)O. The zero-order valence-corrected chi connectivity index (χ0v) is 13.9. The Morgan fingerprint density at radius 3 is 2.64 bits per heavy atom. The van der Waals surface area contributed by atoms with Crippen LogP contribution in [0.5, 0.6) is 0 Å². The summed E-state index contributed by atoms with van der Waals surface area (Å²) in [5, 5.41) is 11.5. The maximum Gasteiger partial charge on any atom is 0.316 e. The van der Waals surface area contributed by atoms with Crippen LogP contribution in [0.15, 0.2) is 29.2 Å². The summed E-state index contributed by atoms with van der Waals surface area (Å²) in [6.07, 6.45) is 4.82. The summed E-state index contributed by atoms with van der Waals surface area (Å²) < 4.78 is 0. The van der Waals surface area contributed by atoms with Crippen molar-refractivity contribution in [1.29, 1.82) is 0 Å². The molecule has 22 heavy (non-hydrogen) atoms. The minimum atomic E-state index is -0.877. The van der Waals surface area contributed by atoms with Gasteiger partial charge in [0.1, 0.15) is 5.25 Å². The fraction of sp³-hybridized carbons (Fsp3) is 0.529. The molecule has 0 bridgehead atoms. The monoisotopic (exact) mass is 321 g/mol. The molecule has 1 fully saturated rings. The molecule has 2 N–H and O–H groups in total. The highest BCUT2D eigenvalue weighted by Crippen LogP contribution is 2.34. The molecule has 1 aliphatic carbocycles. The van der Waals surface area contributed by atoms with Crippen molar-refractivity contribution in [2.75, 3.05) is 0 Å². The van der Waals surface area contributed by atoms with Crippen LogP contribution in [0.4, 0.5) is 0 Å². The summed E-state index contributed by atoms with van der Waals surface area (Å²) in [5.74, 6) is -0.138. The zero-order chi connectivity index (χ0) is 16.1. The van der Waals surface area contributed by atoms with Gasteiger partial charge in [-0.2, -0.15) is 0 Å². The van der Waals surface area contributed by atoms with E-state index in [1.54, 1.807) is 25.1 Å². The predicted octanol–water partition coefficient (Wildman–Crippen LogP) is 3.56. The molecule has 5 heteroatoms. The van der Waals surface area contributed by atoms with Crippen LogP contribution < -0.4 is 5.32 Å². The summed E-state index contributed by atoms with van der Waals surface area (Å²) in [6, 6.07) is 7.32. The molecular formula is C17H23NO3S. The minimum absolute atomic E-state index is 0.121. The van der Waals surface area contributed by atoms with Crippen LogP contribution in [0, 0.1) is 5.92 Å². The molecule has 2 unspecified atom stereocenters. The molecule has 0 heterocycles. The molecule has 2 atom stereocenters. The summed E-state index contributed by atoms with van der Waals surface area (Å²) in [6.45, 7) is 3.65. The molecule has 120 valence electrons. The first kappa shape index (κ1) is 16.9. The van der Waals surface area contributed by atoms with E-state index in [-0.39, 0.29) is 11.9 Å². The number of hydrogen-bond donors (Lipinski definition) is 2. The van der Waals surface area contributed by atoms with Crippen LogP contribution in [0.3, 0.4) is 0 Å². The van der Waals surface area contributed by atoms with Gasteiger partial charge in [0.2, 0.25) is 0 Å². The van der Waals surface area contributed by atoms with Crippen molar-refractivity contribution in [2.24, 2.45) is 5.92 Å². The number of nitrogens with one attached hydrogen (secondary N) is 1. The zero-order valence-electron chi connectivity index (χ0n) is 13.0. The van der Waals surface area contributed by atoms with Crippen molar-refractivity contribution in [1.82, 2.24) is 5.32 Å². The first-order chi connectivity index (χ1) is 10.5. The highest BCUT2D eigenvalue weighted by Gasteiger charge is 2.23. The summed E-state index contributed by atoms with van der Waals surface area (Å²) in [7, 11) is 0. The Bertz CT molecular complexity index is 542. The van der Waals surface area contributed by atoms with Gasteiger partial charge in [0.15, 0.2) is 0 Å². The Balaban J connectivity index is 1.97. The van der Waals surface area contributed by atoms with Gasteiger partial charge in [-0.1, -0.05) is 25.0 Å². The number of carbonyl (C=O) groups excluding carboxylic acids is 1. The maximum atomic E-state index is 12.4. The van der Waals surface area contributed by atoms with Gasteiger partial charge in [0.05, 0.1) is 5.56 Å². The van der Waals surface area contributed by atoms with Crippen LogP contribution in [0.1, 0.15) is 49.9 Å². The van der Waals surface area contributed by atoms with Gasteiger partial charge in [-0.3, -0.25) is 9.59 Å². The largest absolute Gasteiger partial charge is 0.480 e. The highest BCUT2D eigenvalue weighted by atomic mass is 32.2. The van der Waals surface area contributed by atoms with E-state index < -0.39 is 11.2 Å². The summed E-state index contributed by atoms with van der Waals surface area (Å²) >= 11 is 1.20. The first-order valence-corrected chi connectivity index (χ1v) is 8.64. The maximum absolute atomic E-state index is 12.4. The lowest BCUT2D eigenvalue weighted by Crippen LogP contribution is -2.33. The Labute approximate surface area is 135 Å². The Hall–Kier alpha value is -1.49. The van der Waals surface area contributed by atoms with Gasteiger partial charge >= 0.3 is 5.97 Å². The molecule has 4 nitrogen and oxygen atoms in total. The number of carbonyl (C=O) groups is 2. The van der Waals surface area contributed by atoms with E-state index in [1.165, 1.54) is 31.0 Å². The molecule has 1 saturated carbocycles. The number of rotatable bonds is 8. The van der Waals surface area contributed by atoms with Gasteiger partial charge in [0.25, 0.3) is 5.91 Å². The normalized spacial score (nSPS) is 16.8. The van der Waals surface area contributed by atoms with Crippen LogP contribution >= 0.6 is 11.8 Å². The van der Waals surface area contributed by atoms with Gasteiger partial charge in [0, 0.05) is 10.9 Å². The van der Waals surface area contributed by atoms with E-state index in [4.69, 9.17) is 5.11 Å². The standard InChI is InChI=1S/C17H23NO3S/c1-11(7-8-13-9-10-13)18-16(19)14-5-3-4-6-15(14)22-12(2)17(20)21/h3-6,11-13H,7-10H2,1-2H3,(H,18,19)(H,20,21). The molecule has 1 aliphatic rings. The quantitative estimate of drug-likeness (QED) is 0.719. The van der Waals surface area contributed by atoms with E-state index in [1.807, 2.05) is 13.0 Å². The molecule has 1 aromatic carbocycles. The van der Waals surface area contributed by atoms with Crippen molar-refractivity contribution < 1.29 is 14.7 Å². The van der Waals surface area contributed by atoms with Crippen LogP contribution in [-0.2, 0) is 4.79 Å². The minimum Gasteiger partial charge on any atom is -0.480 e. The number of hydrogen-bond acceptors (Lipinski definition) is 3. The van der Waals surface area contributed by atoms with E-state index in [9.17, 15) is 9.59 Å². The lowest BCUT2D eigenvalue weighted by molar-refractivity contribution is -0.136. The Morgan fingerprint density at radius 1 is 1.32 bits per heavy atom. The number of carboxylic acids is 1. The van der Waals surface area contributed by atoms with Gasteiger partial charge in [-0.15, -0.1) is 11.8 Å². The summed E-state index contributed by atoms with van der Waals surface area (Å²) in [5.41, 5.74) is 0.555. The molecular weight excluding hydrogens is 298 g/mol. The van der Waals surface area contributed by atoms with Crippen molar-refractivity contribution >= 4 is 23.6 Å². The average molecular weight is 321 g/mol. The third-order valence-electron chi connectivity index (χ3n) is 3.87. The van der Waals surface area contributed by atoms with Gasteiger partial charge in [-0.05, 0) is 44.7 Å². The van der Waals surface area contributed by atoms with Crippen LogP contribution in [0.2, 0.25) is 0 Å². The second-order valence-corrected chi connectivity index (χ2v) is 7.37. The molecule has 1 amide bonds. The topological polar surface area (TPSA) is 66.4 Å². The predicted molar refractivity (Wildman–Crippen MR) is 88.3 cm³/mol. The fourth-order valence-electron chi connectivity index (χ4n) is 2.26. The molecule has 0 saturated heterocycles. The van der Waals surface area contributed by atoms with E-state index in [2.05, 4.69) is 5.32 Å². The molecule has 0 spiro atoms.